The standard InChI is InChI=1S/C61H88O7/c1-43(17-16-20-46-18-8-5-9-19-46)23-24-52(63)61-53(64)28-33-56(4,55(61)51(68-45(3)62)37-44(2)60(61,66)36-25-47-38-54(65)67-41-47)48-26-34-57(35-27-48)39-50(59(42-57)31-14-15-32-59)40-58(29-12-7-13-30-58)49-21-10-6-11-22-49/h5-6,8-11,18-19,21-22,38,43-44,48,50-53,55,63-64,66H,7,12-17,20,23-37,39-42H2,1-4H3/t43-,44-,48?,50-,51-,52+,53+,55+,56+,57?,60-,61+/m1/s1. The molecule has 374 valence electrons. The van der Waals surface area contributed by atoms with E-state index in [0.29, 0.717) is 60.2 Å². The van der Waals surface area contributed by atoms with Gasteiger partial charge in [0.2, 0.25) is 0 Å². The Balaban J connectivity index is 1.01. The SMILES string of the molecule is CC(=O)O[C@@H]1C[C@@H](C)[C@](O)(CCC2=CC(=O)OC2)[C@]2([C@@H](O)CC[C@H](C)CCCc3ccccc3)[C@@H]1[C@](C)(C1CCC3(CC1)C[C@H](CC1(c4ccccc4)CCCCC1)C1(CCCC1)C3)CC[C@@H]2O. The molecule has 7 heteroatoms. The first-order valence-corrected chi connectivity index (χ1v) is 27.9. The van der Waals surface area contributed by atoms with Gasteiger partial charge in [0.25, 0.3) is 0 Å². The quantitative estimate of drug-likeness (QED) is 0.144. The number of carbonyl (C=O) groups excluding carboxylic acids is 2. The fourth-order valence-electron chi connectivity index (χ4n) is 18.0. The van der Waals surface area contributed by atoms with E-state index in [-0.39, 0.29) is 24.5 Å². The minimum atomic E-state index is -1.49. The fraction of sp³-hybridized carbons (Fsp3) is 0.738. The van der Waals surface area contributed by atoms with E-state index in [1.54, 1.807) is 11.6 Å². The van der Waals surface area contributed by atoms with Crippen molar-refractivity contribution in [2.45, 2.75) is 224 Å². The zero-order valence-electron chi connectivity index (χ0n) is 42.5. The number of carbonyl (C=O) groups is 2. The van der Waals surface area contributed by atoms with E-state index in [1.807, 2.05) is 6.92 Å². The number of ether oxygens (including phenoxy) is 2. The second-order valence-corrected chi connectivity index (χ2v) is 25.0. The molecule has 0 unspecified atom stereocenters. The number of cyclic esters (lactones) is 1. The van der Waals surface area contributed by atoms with Crippen LogP contribution in [0.3, 0.4) is 0 Å². The van der Waals surface area contributed by atoms with Crippen molar-refractivity contribution in [3.05, 3.63) is 83.4 Å². The molecule has 1 heterocycles. The van der Waals surface area contributed by atoms with Gasteiger partial charge in [0.15, 0.2) is 0 Å². The molecule has 0 saturated heterocycles. The van der Waals surface area contributed by atoms with Crippen molar-refractivity contribution >= 4 is 11.9 Å². The summed E-state index contributed by atoms with van der Waals surface area (Å²) in [4.78, 5) is 25.5. The van der Waals surface area contributed by atoms with Crippen molar-refractivity contribution in [3.8, 4) is 0 Å². The molecule has 7 nitrogen and oxygen atoms in total. The average Bonchev–Trinajstić information content (AvgIpc) is 4.06. The first kappa shape index (κ1) is 50.0. The Morgan fingerprint density at radius 1 is 0.853 bits per heavy atom. The van der Waals surface area contributed by atoms with Crippen LogP contribution in [0.2, 0.25) is 0 Å². The molecular formula is C61H88O7. The lowest BCUT2D eigenvalue weighted by Gasteiger charge is -2.70. The van der Waals surface area contributed by atoms with Crippen LogP contribution in [0.4, 0.5) is 0 Å². The molecule has 0 aromatic heterocycles. The molecule has 7 aliphatic rings. The number of aliphatic hydroxyl groups is 3. The van der Waals surface area contributed by atoms with Gasteiger partial charge in [-0.25, -0.2) is 4.79 Å². The fourth-order valence-corrected chi connectivity index (χ4v) is 18.0. The van der Waals surface area contributed by atoms with Gasteiger partial charge < -0.3 is 24.8 Å². The molecule has 10 atom stereocenters. The molecule has 2 aromatic carbocycles. The summed E-state index contributed by atoms with van der Waals surface area (Å²) >= 11 is 0. The highest BCUT2D eigenvalue weighted by Crippen LogP contribution is 2.72. The third kappa shape index (κ3) is 9.34. The summed E-state index contributed by atoms with van der Waals surface area (Å²) in [5.41, 5.74) is 1.60. The van der Waals surface area contributed by atoms with Gasteiger partial charge in [0.05, 0.1) is 23.2 Å². The summed E-state index contributed by atoms with van der Waals surface area (Å²) in [5.74, 6) is -0.128. The topological polar surface area (TPSA) is 113 Å². The van der Waals surface area contributed by atoms with Gasteiger partial charge in [0, 0.05) is 18.9 Å². The second-order valence-electron chi connectivity index (χ2n) is 25.0. The molecule has 1 aliphatic heterocycles. The molecule has 0 radical (unpaired) electrons. The number of rotatable bonds is 16. The lowest BCUT2D eigenvalue weighted by atomic mass is 9.37. The summed E-state index contributed by atoms with van der Waals surface area (Å²) in [6, 6.07) is 22.2. The highest BCUT2D eigenvalue weighted by molar-refractivity contribution is 5.85. The Morgan fingerprint density at radius 3 is 2.19 bits per heavy atom. The number of benzene rings is 2. The van der Waals surface area contributed by atoms with Crippen LogP contribution in [0, 0.1) is 51.2 Å². The maximum Gasteiger partial charge on any atom is 0.331 e. The van der Waals surface area contributed by atoms with Crippen LogP contribution in [0.1, 0.15) is 199 Å². The average molecular weight is 933 g/mol. The number of aliphatic hydroxyl groups excluding tert-OH is 2. The zero-order valence-corrected chi connectivity index (χ0v) is 42.5. The molecule has 0 amide bonds. The van der Waals surface area contributed by atoms with Crippen molar-refractivity contribution in [2.24, 2.45) is 51.2 Å². The summed E-state index contributed by atoms with van der Waals surface area (Å²) in [7, 11) is 0. The molecular weight excluding hydrogens is 845 g/mol. The van der Waals surface area contributed by atoms with Gasteiger partial charge in [-0.2, -0.15) is 0 Å². The van der Waals surface area contributed by atoms with E-state index in [1.165, 1.54) is 102 Å². The van der Waals surface area contributed by atoms with Crippen LogP contribution in [-0.4, -0.2) is 57.8 Å². The Labute approximate surface area is 410 Å². The van der Waals surface area contributed by atoms with Crippen molar-refractivity contribution < 1.29 is 34.4 Å². The largest absolute Gasteiger partial charge is 0.462 e. The molecule has 2 spiro atoms. The van der Waals surface area contributed by atoms with Crippen molar-refractivity contribution in [1.82, 2.24) is 0 Å². The molecule has 2 aromatic rings. The van der Waals surface area contributed by atoms with Gasteiger partial charge in [-0.1, -0.05) is 120 Å². The Kier molecular flexibility index (Phi) is 14.9. The molecule has 9 rings (SSSR count). The summed E-state index contributed by atoms with van der Waals surface area (Å²) in [5, 5.41) is 40.0. The predicted molar refractivity (Wildman–Crippen MR) is 269 cm³/mol. The van der Waals surface area contributed by atoms with E-state index in [4.69, 9.17) is 9.47 Å². The number of hydrogen-bond acceptors (Lipinski definition) is 7. The maximum absolute atomic E-state index is 13.8. The third-order valence-corrected chi connectivity index (χ3v) is 21.3. The molecule has 68 heavy (non-hydrogen) atoms. The lowest BCUT2D eigenvalue weighted by molar-refractivity contribution is -0.327. The van der Waals surface area contributed by atoms with E-state index in [9.17, 15) is 24.9 Å². The van der Waals surface area contributed by atoms with Gasteiger partial charge >= 0.3 is 11.9 Å². The van der Waals surface area contributed by atoms with E-state index < -0.39 is 40.7 Å². The van der Waals surface area contributed by atoms with Gasteiger partial charge in [-0.3, -0.25) is 4.79 Å². The molecule has 6 saturated carbocycles. The molecule has 0 bridgehead atoms. The van der Waals surface area contributed by atoms with Crippen LogP contribution < -0.4 is 0 Å². The highest BCUT2D eigenvalue weighted by Gasteiger charge is 2.74. The summed E-state index contributed by atoms with van der Waals surface area (Å²) < 4.78 is 11.8. The van der Waals surface area contributed by atoms with E-state index in [2.05, 4.69) is 74.5 Å². The highest BCUT2D eigenvalue weighted by atomic mass is 16.5. The number of hydrogen-bond donors (Lipinski definition) is 3. The summed E-state index contributed by atoms with van der Waals surface area (Å²) in [6.07, 6.45) is 26.6. The zero-order chi connectivity index (χ0) is 47.8. The van der Waals surface area contributed by atoms with Crippen LogP contribution in [0.25, 0.3) is 0 Å². The molecule has 6 fully saturated rings. The second kappa shape index (κ2) is 20.2. The predicted octanol–water partition coefficient (Wildman–Crippen LogP) is 13.0. The minimum absolute atomic E-state index is 0.207. The lowest BCUT2D eigenvalue weighted by Crippen LogP contribution is -2.77. The van der Waals surface area contributed by atoms with Gasteiger partial charge in [-0.15, -0.1) is 0 Å². The third-order valence-electron chi connectivity index (χ3n) is 21.3. The van der Waals surface area contributed by atoms with E-state index in [0.717, 1.165) is 56.4 Å². The first-order chi connectivity index (χ1) is 32.7. The van der Waals surface area contributed by atoms with Crippen molar-refractivity contribution in [2.75, 3.05) is 6.61 Å². The Bertz CT molecular complexity index is 2040. The number of fused-ring (bicyclic) bond motifs is 1. The maximum atomic E-state index is 13.8. The first-order valence-electron chi connectivity index (χ1n) is 27.9. The van der Waals surface area contributed by atoms with Crippen LogP contribution in [0.15, 0.2) is 72.3 Å². The minimum Gasteiger partial charge on any atom is -0.462 e. The smallest absolute Gasteiger partial charge is 0.331 e. The molecule has 6 aliphatic carbocycles. The number of aryl methyl sites for hydroxylation is 1. The van der Waals surface area contributed by atoms with Crippen molar-refractivity contribution in [3.63, 3.8) is 0 Å². The van der Waals surface area contributed by atoms with E-state index >= 15 is 0 Å². The monoisotopic (exact) mass is 933 g/mol. The van der Waals surface area contributed by atoms with Gasteiger partial charge in [0.1, 0.15) is 12.7 Å². The van der Waals surface area contributed by atoms with Crippen LogP contribution in [0.5, 0.6) is 0 Å². The summed E-state index contributed by atoms with van der Waals surface area (Å²) in [6.45, 7) is 8.41. The normalized spacial score (nSPS) is 37.3. The molecule has 3 N–H and O–H groups in total. The van der Waals surface area contributed by atoms with Crippen molar-refractivity contribution in [1.29, 1.82) is 0 Å². The van der Waals surface area contributed by atoms with Crippen LogP contribution >= 0.6 is 0 Å². The van der Waals surface area contributed by atoms with Crippen LogP contribution in [-0.2, 0) is 30.9 Å². The Morgan fingerprint density at radius 2 is 1.53 bits per heavy atom. The van der Waals surface area contributed by atoms with Gasteiger partial charge in [-0.05, 0) is 190 Å². The Hall–Kier alpha value is -3.00. The number of esters is 2.